The smallest absolute Gasteiger partial charge is 0.382 e. The summed E-state index contributed by atoms with van der Waals surface area (Å²) in [5.74, 6) is 0. The molecule has 0 heterocycles. The van der Waals surface area contributed by atoms with Crippen LogP contribution in [0.15, 0.2) is 0 Å². The molecule has 0 amide bonds. The van der Waals surface area contributed by atoms with E-state index >= 15 is 0 Å². The lowest BCUT2D eigenvalue weighted by Gasteiger charge is -1.86. The second kappa shape index (κ2) is 36.1. The Morgan fingerprint density at radius 3 is 0.632 bits per heavy atom. The van der Waals surface area contributed by atoms with E-state index in [1.807, 2.05) is 41.5 Å². The van der Waals surface area contributed by atoms with E-state index in [-0.39, 0.29) is 0 Å². The van der Waals surface area contributed by atoms with Crippen molar-refractivity contribution in [2.24, 2.45) is 0 Å². The summed E-state index contributed by atoms with van der Waals surface area (Å²) in [4.78, 5) is 0. The maximum Gasteiger partial charge on any atom is 0.762 e. The van der Waals surface area contributed by atoms with Crippen LogP contribution in [0.2, 0.25) is 0 Å². The standard InChI is InChI=1S/3C4H10O.BF3/c3*1-3-5-4-2;2-1(3)4/h3*3-4H2,1-2H3;. The fraction of sp³-hybridized carbons (Fsp3) is 1.00. The molecule has 120 valence electrons. The van der Waals surface area contributed by atoms with Crippen LogP contribution in [0.5, 0.6) is 0 Å². The lowest BCUT2D eigenvalue weighted by molar-refractivity contribution is 0.162. The van der Waals surface area contributed by atoms with Gasteiger partial charge in [-0.25, -0.2) is 0 Å². The van der Waals surface area contributed by atoms with Crippen molar-refractivity contribution in [3.8, 4) is 0 Å². The van der Waals surface area contributed by atoms with Crippen LogP contribution < -0.4 is 0 Å². The molecule has 0 aliphatic rings. The average Bonchev–Trinajstić information content (AvgIpc) is 2.33. The maximum atomic E-state index is 9.67. The van der Waals surface area contributed by atoms with Gasteiger partial charge in [0, 0.05) is 39.6 Å². The zero-order chi connectivity index (χ0) is 15.9. The normalized spacial score (nSPS) is 8.05. The Morgan fingerprint density at radius 2 is 0.632 bits per heavy atom. The Balaban J connectivity index is -0.0000000793. The Hall–Kier alpha value is -0.265. The van der Waals surface area contributed by atoms with Crippen LogP contribution in [-0.2, 0) is 14.2 Å². The van der Waals surface area contributed by atoms with Crippen LogP contribution in [0.4, 0.5) is 12.9 Å². The number of rotatable bonds is 6. The molecule has 0 atom stereocenters. The lowest BCUT2D eigenvalue weighted by atomic mass is 10.5. The van der Waals surface area contributed by atoms with Crippen molar-refractivity contribution < 1.29 is 27.2 Å². The van der Waals surface area contributed by atoms with Gasteiger partial charge in [0.2, 0.25) is 0 Å². The molecule has 7 heteroatoms. The molecule has 19 heavy (non-hydrogen) atoms. The van der Waals surface area contributed by atoms with Gasteiger partial charge in [0.25, 0.3) is 0 Å². The van der Waals surface area contributed by atoms with Crippen LogP contribution in [-0.4, -0.2) is 47.2 Å². The van der Waals surface area contributed by atoms with Gasteiger partial charge in [-0.05, 0) is 41.5 Å². The Labute approximate surface area is 117 Å². The van der Waals surface area contributed by atoms with E-state index in [1.165, 1.54) is 0 Å². The van der Waals surface area contributed by atoms with E-state index in [0.717, 1.165) is 39.6 Å². The van der Waals surface area contributed by atoms with Gasteiger partial charge >= 0.3 is 7.54 Å². The van der Waals surface area contributed by atoms with Gasteiger partial charge in [0.05, 0.1) is 0 Å². The molecule has 0 rings (SSSR count). The zero-order valence-electron chi connectivity index (χ0n) is 13.2. The van der Waals surface area contributed by atoms with E-state index in [1.54, 1.807) is 0 Å². The molecule has 0 saturated carbocycles. The number of halogens is 3. The molecule has 0 aromatic rings. The summed E-state index contributed by atoms with van der Waals surface area (Å²) in [5.41, 5.74) is 0. The monoisotopic (exact) mass is 290 g/mol. The zero-order valence-corrected chi connectivity index (χ0v) is 13.2. The average molecular weight is 290 g/mol. The van der Waals surface area contributed by atoms with E-state index in [0.29, 0.717) is 0 Å². The largest absolute Gasteiger partial charge is 0.762 e. The SMILES string of the molecule is CCOCC.CCOCC.CCOCC.FB(F)F. The van der Waals surface area contributed by atoms with E-state index in [2.05, 4.69) is 0 Å². The van der Waals surface area contributed by atoms with Crippen molar-refractivity contribution in [2.75, 3.05) is 39.6 Å². The van der Waals surface area contributed by atoms with Gasteiger partial charge in [0.1, 0.15) is 0 Å². The summed E-state index contributed by atoms with van der Waals surface area (Å²) >= 11 is 0. The van der Waals surface area contributed by atoms with Crippen LogP contribution in [0.3, 0.4) is 0 Å². The van der Waals surface area contributed by atoms with Crippen LogP contribution >= 0.6 is 0 Å². The van der Waals surface area contributed by atoms with Gasteiger partial charge in [-0.15, -0.1) is 0 Å². The first-order valence-electron chi connectivity index (χ1n) is 6.63. The molecular formula is C12H30BF3O3. The van der Waals surface area contributed by atoms with Crippen molar-refractivity contribution in [3.63, 3.8) is 0 Å². The highest BCUT2D eigenvalue weighted by molar-refractivity contribution is 6.33. The highest BCUT2D eigenvalue weighted by Gasteiger charge is 2.06. The minimum Gasteiger partial charge on any atom is -0.382 e. The second-order valence-electron chi connectivity index (χ2n) is 2.59. The number of hydrogen-bond acceptors (Lipinski definition) is 3. The third-order valence-corrected chi connectivity index (χ3v) is 1.22. The molecule has 0 aliphatic heterocycles. The van der Waals surface area contributed by atoms with Gasteiger partial charge < -0.3 is 14.2 Å². The first kappa shape index (κ1) is 27.1. The van der Waals surface area contributed by atoms with Crippen LogP contribution in [0, 0.1) is 0 Å². The number of ether oxygens (including phenoxy) is 3. The lowest BCUT2D eigenvalue weighted by Crippen LogP contribution is -1.84. The van der Waals surface area contributed by atoms with Crippen molar-refractivity contribution in [1.82, 2.24) is 0 Å². The summed E-state index contributed by atoms with van der Waals surface area (Å²) in [7, 11) is -3.67. The highest BCUT2D eigenvalue weighted by Crippen LogP contribution is 1.80. The molecule has 0 fully saturated rings. The minimum absolute atomic E-state index is 0.844. The Bertz CT molecular complexity index is 89.2. The summed E-state index contributed by atoms with van der Waals surface area (Å²) in [6, 6.07) is 0. The van der Waals surface area contributed by atoms with Gasteiger partial charge in [-0.3, -0.25) is 12.9 Å². The van der Waals surface area contributed by atoms with E-state index < -0.39 is 7.54 Å². The highest BCUT2D eigenvalue weighted by atomic mass is 19.4. The topological polar surface area (TPSA) is 27.7 Å². The summed E-state index contributed by atoms with van der Waals surface area (Å²) in [5, 5.41) is 0. The summed E-state index contributed by atoms with van der Waals surface area (Å²) < 4.78 is 43.5. The molecule has 0 aromatic carbocycles. The third kappa shape index (κ3) is 134. The molecule has 0 unspecified atom stereocenters. The van der Waals surface area contributed by atoms with Gasteiger partial charge in [0.15, 0.2) is 0 Å². The Kier molecular flexibility index (Phi) is 51.5. The molecule has 0 N–H and O–H groups in total. The van der Waals surface area contributed by atoms with Crippen molar-refractivity contribution >= 4 is 7.54 Å². The van der Waals surface area contributed by atoms with E-state index in [9.17, 15) is 12.9 Å². The van der Waals surface area contributed by atoms with E-state index in [4.69, 9.17) is 14.2 Å². The molecule has 0 saturated heterocycles. The molecule has 0 aliphatic carbocycles. The molecule has 0 aromatic heterocycles. The molecular weight excluding hydrogens is 260 g/mol. The van der Waals surface area contributed by atoms with Crippen molar-refractivity contribution in [3.05, 3.63) is 0 Å². The summed E-state index contributed by atoms with van der Waals surface area (Å²) in [6.07, 6.45) is 0. The van der Waals surface area contributed by atoms with Crippen molar-refractivity contribution in [2.45, 2.75) is 41.5 Å². The van der Waals surface area contributed by atoms with Gasteiger partial charge in [-0.1, -0.05) is 0 Å². The minimum atomic E-state index is -3.67. The predicted octanol–water partition coefficient (Wildman–Crippen LogP) is 4.01. The summed E-state index contributed by atoms with van der Waals surface area (Å²) in [6.45, 7) is 17.0. The third-order valence-electron chi connectivity index (χ3n) is 1.22. The van der Waals surface area contributed by atoms with Crippen molar-refractivity contribution in [1.29, 1.82) is 0 Å². The van der Waals surface area contributed by atoms with Gasteiger partial charge in [-0.2, -0.15) is 0 Å². The predicted molar refractivity (Wildman–Crippen MR) is 75.6 cm³/mol. The second-order valence-corrected chi connectivity index (χ2v) is 2.59. The molecule has 0 radical (unpaired) electrons. The maximum absolute atomic E-state index is 9.67. The first-order valence-corrected chi connectivity index (χ1v) is 6.63. The quantitative estimate of drug-likeness (QED) is 0.692. The fourth-order valence-electron chi connectivity index (χ4n) is 0.612. The molecule has 0 bridgehead atoms. The molecule has 3 nitrogen and oxygen atoms in total. The first-order chi connectivity index (χ1) is 8.97. The fourth-order valence-corrected chi connectivity index (χ4v) is 0.612. The van der Waals surface area contributed by atoms with Crippen LogP contribution in [0.1, 0.15) is 41.5 Å². The number of hydrogen-bond donors (Lipinski definition) is 0. The molecule has 0 spiro atoms. The van der Waals surface area contributed by atoms with Crippen LogP contribution in [0.25, 0.3) is 0 Å². The Morgan fingerprint density at radius 1 is 0.526 bits per heavy atom.